The molecule has 0 aromatic heterocycles. The maximum Gasteiger partial charge on any atom is 0.264 e. The lowest BCUT2D eigenvalue weighted by Crippen LogP contribution is -2.52. The fraction of sp³-hybridized carbons (Fsp3) is 0.583. The Bertz CT molecular complexity index is 1600. The number of allylic oxidation sites excluding steroid dienone is 1. The standard InChI is InChI=1S/C36H47ClN2O6S/c1-24-7-5-17-36(42,16-3-4-18-40)31-12-9-28(31)21-39-22-35(15-6-8-26-19-29(37)11-13-30(26)35)23-45-33-14-10-27(20-32(33)39)34(41)38-46(43,44)25(24)2/h5,10-11,13-14,17,19-20,24-25,28,31,40,42H,3-4,6-9,12,15-16,18,21-23H2,1-2H3,(H,38,41)/b17-5+/t24-,25+,28-,31+,35-,36+/m0/s1. The molecule has 2 bridgehead atoms. The molecule has 2 aromatic rings. The molecule has 10 heteroatoms. The van der Waals surface area contributed by atoms with E-state index < -0.39 is 26.8 Å². The molecule has 1 saturated carbocycles. The van der Waals surface area contributed by atoms with E-state index in [1.165, 1.54) is 11.1 Å². The highest BCUT2D eigenvalue weighted by atomic mass is 35.5. The van der Waals surface area contributed by atoms with Crippen molar-refractivity contribution < 1.29 is 28.2 Å². The van der Waals surface area contributed by atoms with Crippen molar-refractivity contribution in [2.45, 2.75) is 87.9 Å². The highest BCUT2D eigenvalue weighted by Crippen LogP contribution is 2.49. The summed E-state index contributed by atoms with van der Waals surface area (Å²) in [5.41, 5.74) is 2.14. The second kappa shape index (κ2) is 13.1. The molecule has 0 unspecified atom stereocenters. The van der Waals surface area contributed by atoms with Crippen LogP contribution in [0.3, 0.4) is 0 Å². The summed E-state index contributed by atoms with van der Waals surface area (Å²) in [6.07, 6.45) is 10.9. The molecule has 1 spiro atoms. The van der Waals surface area contributed by atoms with Crippen LogP contribution in [-0.4, -0.2) is 61.7 Å². The van der Waals surface area contributed by atoms with Crippen LogP contribution in [0.2, 0.25) is 5.02 Å². The number of rotatable bonds is 4. The van der Waals surface area contributed by atoms with Gasteiger partial charge in [-0.05, 0) is 124 Å². The molecular weight excluding hydrogens is 624 g/mol. The molecule has 2 aromatic carbocycles. The number of amides is 1. The van der Waals surface area contributed by atoms with Gasteiger partial charge in [0.15, 0.2) is 0 Å². The summed E-state index contributed by atoms with van der Waals surface area (Å²) in [4.78, 5) is 15.8. The summed E-state index contributed by atoms with van der Waals surface area (Å²) in [5.74, 6) is -0.0644. The Kier molecular flexibility index (Phi) is 9.51. The van der Waals surface area contributed by atoms with Crippen LogP contribution in [0.5, 0.6) is 5.75 Å². The summed E-state index contributed by atoms with van der Waals surface area (Å²) < 4.78 is 35.6. The van der Waals surface area contributed by atoms with E-state index in [0.29, 0.717) is 51.1 Å². The summed E-state index contributed by atoms with van der Waals surface area (Å²) in [5, 5.41) is 21.6. The van der Waals surface area contributed by atoms with Crippen molar-refractivity contribution in [2.75, 3.05) is 31.2 Å². The molecule has 2 aliphatic carbocycles. The lowest BCUT2D eigenvalue weighted by atomic mass is 9.62. The fourth-order valence-electron chi connectivity index (χ4n) is 8.16. The fourth-order valence-corrected chi connectivity index (χ4v) is 9.64. The Morgan fingerprint density at radius 1 is 1.13 bits per heavy atom. The highest BCUT2D eigenvalue weighted by molar-refractivity contribution is 7.90. The van der Waals surface area contributed by atoms with Crippen molar-refractivity contribution >= 4 is 33.2 Å². The summed E-state index contributed by atoms with van der Waals surface area (Å²) in [6.45, 7) is 5.35. The minimum atomic E-state index is -3.97. The van der Waals surface area contributed by atoms with Crippen molar-refractivity contribution in [2.24, 2.45) is 17.8 Å². The molecule has 2 aliphatic heterocycles. The number of anilines is 1. The van der Waals surface area contributed by atoms with Crippen LogP contribution >= 0.6 is 11.6 Å². The average molecular weight is 671 g/mol. The lowest BCUT2D eigenvalue weighted by Gasteiger charge is -2.49. The van der Waals surface area contributed by atoms with E-state index in [1.54, 1.807) is 25.1 Å². The average Bonchev–Trinajstić information content (AvgIpc) is 3.15. The normalized spacial score (nSPS) is 33.1. The smallest absolute Gasteiger partial charge is 0.264 e. The maximum atomic E-state index is 13.5. The Hall–Kier alpha value is -2.59. The minimum absolute atomic E-state index is 0.0133. The van der Waals surface area contributed by atoms with Crippen molar-refractivity contribution in [3.63, 3.8) is 0 Å². The molecule has 1 amide bonds. The molecule has 2 heterocycles. The number of halogens is 1. The summed E-state index contributed by atoms with van der Waals surface area (Å²) >= 11 is 6.42. The topological polar surface area (TPSA) is 116 Å². The van der Waals surface area contributed by atoms with Gasteiger partial charge in [0.1, 0.15) is 5.75 Å². The molecule has 4 aliphatic rings. The number of aliphatic hydroxyl groups excluding tert-OH is 1. The molecule has 6 rings (SSSR count). The van der Waals surface area contributed by atoms with E-state index in [4.69, 9.17) is 16.3 Å². The predicted octanol–water partition coefficient (Wildman–Crippen LogP) is 5.78. The molecule has 8 nitrogen and oxygen atoms in total. The van der Waals surface area contributed by atoms with Crippen LogP contribution in [0, 0.1) is 17.8 Å². The Morgan fingerprint density at radius 2 is 1.96 bits per heavy atom. The van der Waals surface area contributed by atoms with Crippen molar-refractivity contribution in [1.82, 2.24) is 4.72 Å². The maximum absolute atomic E-state index is 13.5. The molecule has 0 saturated heterocycles. The first-order chi connectivity index (χ1) is 21.9. The number of hydrogen-bond donors (Lipinski definition) is 3. The quantitative estimate of drug-likeness (QED) is 0.279. The molecule has 6 atom stereocenters. The van der Waals surface area contributed by atoms with Crippen LogP contribution in [0.15, 0.2) is 48.6 Å². The number of unbranched alkanes of at least 4 members (excludes halogenated alkanes) is 1. The number of sulfonamides is 1. The van der Waals surface area contributed by atoms with Crippen LogP contribution < -0.4 is 14.4 Å². The summed E-state index contributed by atoms with van der Waals surface area (Å²) in [7, 11) is -3.97. The monoisotopic (exact) mass is 670 g/mol. The van der Waals surface area contributed by atoms with Crippen LogP contribution in [-0.2, 0) is 21.9 Å². The van der Waals surface area contributed by atoms with Gasteiger partial charge in [-0.15, -0.1) is 0 Å². The third-order valence-electron chi connectivity index (χ3n) is 11.2. The molecular formula is C36H47ClN2O6S. The first kappa shape index (κ1) is 33.3. The van der Waals surface area contributed by atoms with Crippen molar-refractivity contribution in [1.29, 1.82) is 0 Å². The van der Waals surface area contributed by atoms with E-state index in [0.717, 1.165) is 42.8 Å². The second-order valence-electron chi connectivity index (χ2n) is 14.2. The van der Waals surface area contributed by atoms with E-state index in [1.807, 2.05) is 25.1 Å². The van der Waals surface area contributed by atoms with Crippen LogP contribution in [0.25, 0.3) is 0 Å². The second-order valence-corrected chi connectivity index (χ2v) is 16.7. The molecule has 1 fully saturated rings. The number of carbonyl (C=O) groups is 1. The van der Waals surface area contributed by atoms with Crippen molar-refractivity contribution in [3.05, 3.63) is 70.3 Å². The molecule has 3 N–H and O–H groups in total. The number of hydrogen-bond acceptors (Lipinski definition) is 7. The number of carbonyl (C=O) groups excluding carboxylic acids is 1. The van der Waals surface area contributed by atoms with Gasteiger partial charge in [0.05, 0.1) is 23.1 Å². The van der Waals surface area contributed by atoms with Gasteiger partial charge in [0, 0.05) is 35.7 Å². The largest absolute Gasteiger partial charge is 0.490 e. The van der Waals surface area contributed by atoms with Gasteiger partial charge in [-0.25, -0.2) is 13.1 Å². The van der Waals surface area contributed by atoms with Gasteiger partial charge in [0.25, 0.3) is 5.91 Å². The third kappa shape index (κ3) is 6.45. The van der Waals surface area contributed by atoms with E-state index in [9.17, 15) is 23.4 Å². The van der Waals surface area contributed by atoms with E-state index in [2.05, 4.69) is 21.8 Å². The number of benzene rings is 2. The Morgan fingerprint density at radius 3 is 2.72 bits per heavy atom. The van der Waals surface area contributed by atoms with Crippen molar-refractivity contribution in [3.8, 4) is 5.75 Å². The lowest BCUT2D eigenvalue weighted by molar-refractivity contribution is -0.0524. The van der Waals surface area contributed by atoms with Gasteiger partial charge in [-0.2, -0.15) is 0 Å². The van der Waals surface area contributed by atoms with Crippen LogP contribution in [0.1, 0.15) is 86.7 Å². The number of aliphatic hydroxyl groups is 2. The van der Waals surface area contributed by atoms with Gasteiger partial charge < -0.3 is 19.8 Å². The first-order valence-corrected chi connectivity index (χ1v) is 18.7. The zero-order valence-corrected chi connectivity index (χ0v) is 28.5. The minimum Gasteiger partial charge on any atom is -0.490 e. The molecule has 0 radical (unpaired) electrons. The Labute approximate surface area is 278 Å². The predicted molar refractivity (Wildman–Crippen MR) is 181 cm³/mol. The van der Waals surface area contributed by atoms with Crippen LogP contribution in [0.4, 0.5) is 5.69 Å². The van der Waals surface area contributed by atoms with Gasteiger partial charge in [-0.1, -0.05) is 36.7 Å². The first-order valence-electron chi connectivity index (χ1n) is 16.8. The summed E-state index contributed by atoms with van der Waals surface area (Å²) in [6, 6.07) is 11.3. The van der Waals surface area contributed by atoms with E-state index in [-0.39, 0.29) is 35.3 Å². The zero-order chi connectivity index (χ0) is 32.7. The molecule has 46 heavy (non-hydrogen) atoms. The number of fused-ring (bicyclic) bond motifs is 4. The Balaban J connectivity index is 1.43. The number of nitrogens with one attached hydrogen (secondary N) is 1. The number of nitrogens with zero attached hydrogens (tertiary/aromatic N) is 1. The SMILES string of the molecule is C[C@@H]1[C@@H](C)C/C=C/[C@](O)(CCCCO)[C@@H]2CC[C@H]2CN2C[C@@]3(CCCc4cc(Cl)ccc43)COc3ccc(cc32)C(=O)NS1(=O)=O. The van der Waals surface area contributed by atoms with E-state index >= 15 is 0 Å². The third-order valence-corrected chi connectivity index (χ3v) is 13.4. The zero-order valence-electron chi connectivity index (χ0n) is 26.9. The van der Waals surface area contributed by atoms with Gasteiger partial charge >= 0.3 is 0 Å². The van der Waals surface area contributed by atoms with Gasteiger partial charge in [-0.3, -0.25) is 4.79 Å². The molecule has 250 valence electrons. The highest BCUT2D eigenvalue weighted by Gasteiger charge is 2.48. The van der Waals surface area contributed by atoms with Gasteiger partial charge in [0.2, 0.25) is 10.0 Å². The number of ether oxygens (including phenoxy) is 1. The number of aryl methyl sites for hydroxylation is 1.